The monoisotopic (exact) mass is 284 g/mol. The van der Waals surface area contributed by atoms with Crippen molar-refractivity contribution in [2.45, 2.75) is 26.1 Å². The first-order valence-corrected chi connectivity index (χ1v) is 7.02. The molecular formula is C18H20O3. The van der Waals surface area contributed by atoms with Crippen molar-refractivity contribution in [3.63, 3.8) is 0 Å². The highest BCUT2D eigenvalue weighted by Gasteiger charge is 2.11. The first kappa shape index (κ1) is 15.3. The van der Waals surface area contributed by atoms with E-state index in [4.69, 9.17) is 9.47 Å². The Balaban J connectivity index is 1.81. The number of methoxy groups -OCH3 is 1. The van der Waals surface area contributed by atoms with Gasteiger partial charge in [0.05, 0.1) is 19.8 Å². The van der Waals surface area contributed by atoms with Gasteiger partial charge in [0, 0.05) is 12.0 Å². The Morgan fingerprint density at radius 2 is 1.71 bits per heavy atom. The van der Waals surface area contributed by atoms with Crippen LogP contribution in [0.2, 0.25) is 0 Å². The summed E-state index contributed by atoms with van der Waals surface area (Å²) in [6.45, 7) is 2.41. The van der Waals surface area contributed by atoms with E-state index < -0.39 is 0 Å². The molecular weight excluding hydrogens is 264 g/mol. The van der Waals surface area contributed by atoms with Gasteiger partial charge in [0.1, 0.15) is 5.75 Å². The van der Waals surface area contributed by atoms with E-state index in [0.29, 0.717) is 13.0 Å². The molecule has 0 saturated heterocycles. The van der Waals surface area contributed by atoms with E-state index in [2.05, 4.69) is 0 Å². The Labute approximate surface area is 125 Å². The molecule has 2 aromatic rings. The number of hydrogen-bond donors (Lipinski definition) is 0. The Hall–Kier alpha value is -2.13. The third-order valence-corrected chi connectivity index (χ3v) is 3.26. The van der Waals surface area contributed by atoms with Crippen molar-refractivity contribution in [1.29, 1.82) is 0 Å². The zero-order chi connectivity index (χ0) is 15.1. The molecule has 0 bridgehead atoms. The van der Waals surface area contributed by atoms with Gasteiger partial charge in [-0.15, -0.1) is 0 Å². The molecule has 1 unspecified atom stereocenters. The summed E-state index contributed by atoms with van der Waals surface area (Å²) in [6, 6.07) is 17.0. The van der Waals surface area contributed by atoms with Crippen LogP contribution >= 0.6 is 0 Å². The maximum atomic E-state index is 12.1. The molecule has 0 heterocycles. The molecule has 0 aliphatic heterocycles. The van der Waals surface area contributed by atoms with Gasteiger partial charge in [-0.05, 0) is 24.6 Å². The fourth-order valence-corrected chi connectivity index (χ4v) is 2.02. The molecule has 0 saturated carbocycles. The fourth-order valence-electron chi connectivity index (χ4n) is 2.02. The summed E-state index contributed by atoms with van der Waals surface area (Å²) in [5, 5.41) is 0. The van der Waals surface area contributed by atoms with Crippen molar-refractivity contribution in [1.82, 2.24) is 0 Å². The summed E-state index contributed by atoms with van der Waals surface area (Å²) in [5.41, 5.74) is 1.80. The van der Waals surface area contributed by atoms with Crippen LogP contribution < -0.4 is 4.74 Å². The van der Waals surface area contributed by atoms with Crippen LogP contribution in [0, 0.1) is 0 Å². The van der Waals surface area contributed by atoms with E-state index in [1.54, 1.807) is 7.11 Å². The average molecular weight is 284 g/mol. The largest absolute Gasteiger partial charge is 0.497 e. The van der Waals surface area contributed by atoms with Crippen molar-refractivity contribution < 1.29 is 14.3 Å². The number of Topliss-reactive ketones (excluding diaryl/α,β-unsaturated/α-hetero) is 1. The number of hydrogen-bond acceptors (Lipinski definition) is 3. The molecule has 0 fully saturated rings. The first-order chi connectivity index (χ1) is 10.2. The van der Waals surface area contributed by atoms with E-state index in [-0.39, 0.29) is 11.9 Å². The van der Waals surface area contributed by atoms with Gasteiger partial charge >= 0.3 is 0 Å². The third kappa shape index (κ3) is 4.72. The average Bonchev–Trinajstić information content (AvgIpc) is 2.54. The predicted octanol–water partition coefficient (Wildman–Crippen LogP) is 3.87. The molecule has 3 nitrogen and oxygen atoms in total. The summed E-state index contributed by atoms with van der Waals surface area (Å²) in [5.74, 6) is 0.934. The van der Waals surface area contributed by atoms with Gasteiger partial charge in [-0.3, -0.25) is 4.79 Å². The topological polar surface area (TPSA) is 35.5 Å². The van der Waals surface area contributed by atoms with Crippen LogP contribution in [0.15, 0.2) is 54.6 Å². The molecule has 0 aromatic heterocycles. The minimum atomic E-state index is -0.111. The van der Waals surface area contributed by atoms with Crippen LogP contribution in [0.4, 0.5) is 0 Å². The second kappa shape index (κ2) is 7.60. The van der Waals surface area contributed by atoms with Crippen molar-refractivity contribution in [3.05, 3.63) is 65.7 Å². The van der Waals surface area contributed by atoms with Crippen molar-refractivity contribution in [2.75, 3.05) is 7.11 Å². The van der Waals surface area contributed by atoms with E-state index in [9.17, 15) is 4.79 Å². The lowest BCUT2D eigenvalue weighted by molar-refractivity contribution is 0.0444. The van der Waals surface area contributed by atoms with Gasteiger partial charge in [-0.1, -0.05) is 42.5 Å². The lowest BCUT2D eigenvalue weighted by atomic mass is 10.1. The van der Waals surface area contributed by atoms with E-state index in [1.165, 1.54) is 0 Å². The molecule has 110 valence electrons. The Bertz CT molecular complexity index is 561. The highest BCUT2D eigenvalue weighted by molar-refractivity contribution is 5.96. The highest BCUT2D eigenvalue weighted by Crippen LogP contribution is 2.14. The number of benzene rings is 2. The highest BCUT2D eigenvalue weighted by atomic mass is 16.5. The summed E-state index contributed by atoms with van der Waals surface area (Å²) >= 11 is 0. The minimum Gasteiger partial charge on any atom is -0.497 e. The van der Waals surface area contributed by atoms with Crippen LogP contribution in [0.5, 0.6) is 5.75 Å². The molecule has 0 N–H and O–H groups in total. The van der Waals surface area contributed by atoms with Gasteiger partial charge in [-0.2, -0.15) is 0 Å². The SMILES string of the molecule is COc1ccc(COC(C)CC(=O)c2ccccc2)cc1. The van der Waals surface area contributed by atoms with Gasteiger partial charge in [-0.25, -0.2) is 0 Å². The molecule has 2 aromatic carbocycles. The zero-order valence-electron chi connectivity index (χ0n) is 12.4. The number of ether oxygens (including phenoxy) is 2. The van der Waals surface area contributed by atoms with Crippen molar-refractivity contribution in [3.8, 4) is 5.75 Å². The molecule has 3 heteroatoms. The van der Waals surface area contributed by atoms with Crippen molar-refractivity contribution >= 4 is 5.78 Å². The van der Waals surface area contributed by atoms with E-state index in [0.717, 1.165) is 16.9 Å². The Morgan fingerprint density at radius 3 is 2.33 bits per heavy atom. The molecule has 1 atom stereocenters. The number of ketones is 1. The number of carbonyl (C=O) groups is 1. The summed E-state index contributed by atoms with van der Waals surface area (Å²) in [7, 11) is 1.64. The van der Waals surface area contributed by atoms with Crippen LogP contribution in [0.1, 0.15) is 29.3 Å². The van der Waals surface area contributed by atoms with Crippen molar-refractivity contribution in [2.24, 2.45) is 0 Å². The summed E-state index contributed by atoms with van der Waals surface area (Å²) in [6.07, 6.45) is 0.278. The maximum Gasteiger partial charge on any atom is 0.165 e. The third-order valence-electron chi connectivity index (χ3n) is 3.26. The van der Waals surface area contributed by atoms with Gasteiger partial charge in [0.2, 0.25) is 0 Å². The van der Waals surface area contributed by atoms with Crippen LogP contribution in [0.25, 0.3) is 0 Å². The normalized spacial score (nSPS) is 11.9. The lowest BCUT2D eigenvalue weighted by Crippen LogP contribution is -2.14. The quantitative estimate of drug-likeness (QED) is 0.724. The smallest absolute Gasteiger partial charge is 0.165 e. The standard InChI is InChI=1S/C18H20O3/c1-14(12-18(19)16-6-4-3-5-7-16)21-13-15-8-10-17(20-2)11-9-15/h3-11,14H,12-13H2,1-2H3. The molecule has 0 aliphatic rings. The number of rotatable bonds is 7. The summed E-state index contributed by atoms with van der Waals surface area (Å²) < 4.78 is 10.8. The minimum absolute atomic E-state index is 0.109. The van der Waals surface area contributed by atoms with Gasteiger partial charge in [0.15, 0.2) is 5.78 Å². The number of carbonyl (C=O) groups excluding carboxylic acids is 1. The molecule has 0 radical (unpaired) electrons. The van der Waals surface area contributed by atoms with Gasteiger partial charge < -0.3 is 9.47 Å². The Morgan fingerprint density at radius 1 is 1.05 bits per heavy atom. The molecule has 0 amide bonds. The molecule has 21 heavy (non-hydrogen) atoms. The first-order valence-electron chi connectivity index (χ1n) is 7.02. The van der Waals surface area contributed by atoms with Crippen LogP contribution in [-0.4, -0.2) is 19.0 Å². The van der Waals surface area contributed by atoms with E-state index in [1.807, 2.05) is 61.5 Å². The summed E-state index contributed by atoms with van der Waals surface area (Å²) in [4.78, 5) is 12.1. The maximum absolute atomic E-state index is 12.1. The predicted molar refractivity (Wildman–Crippen MR) is 82.6 cm³/mol. The lowest BCUT2D eigenvalue weighted by Gasteiger charge is -2.12. The molecule has 0 spiro atoms. The van der Waals surface area contributed by atoms with Crippen LogP contribution in [0.3, 0.4) is 0 Å². The second-order valence-electron chi connectivity index (χ2n) is 4.96. The van der Waals surface area contributed by atoms with Crippen LogP contribution in [-0.2, 0) is 11.3 Å². The Kier molecular flexibility index (Phi) is 5.52. The second-order valence-corrected chi connectivity index (χ2v) is 4.96. The zero-order valence-corrected chi connectivity index (χ0v) is 12.4. The fraction of sp³-hybridized carbons (Fsp3) is 0.278. The van der Waals surface area contributed by atoms with Gasteiger partial charge in [0.25, 0.3) is 0 Å². The van der Waals surface area contributed by atoms with E-state index >= 15 is 0 Å². The molecule has 0 aliphatic carbocycles. The molecule has 2 rings (SSSR count).